The highest BCUT2D eigenvalue weighted by atomic mass is 32.2. The third-order valence-electron chi connectivity index (χ3n) is 2.49. The fourth-order valence-corrected chi connectivity index (χ4v) is 3.50. The first-order valence-corrected chi connectivity index (χ1v) is 6.58. The summed E-state index contributed by atoms with van der Waals surface area (Å²) in [6.07, 6.45) is 1.80. The molecule has 2 heteroatoms. The van der Waals surface area contributed by atoms with Gasteiger partial charge in [0.2, 0.25) is 0 Å². The second-order valence-electron chi connectivity index (χ2n) is 6.02. The smallest absolute Gasteiger partial charge is 0.0270 e. The van der Waals surface area contributed by atoms with Crippen molar-refractivity contribution in [2.75, 3.05) is 12.0 Å². The lowest BCUT2D eigenvalue weighted by atomic mass is 9.68. The van der Waals surface area contributed by atoms with Crippen molar-refractivity contribution in [1.29, 1.82) is 0 Å². The highest BCUT2D eigenvalue weighted by molar-refractivity contribution is 7.84. The maximum Gasteiger partial charge on any atom is 0.0270 e. The highest BCUT2D eigenvalue weighted by Crippen LogP contribution is 2.40. The van der Waals surface area contributed by atoms with Crippen molar-refractivity contribution in [2.24, 2.45) is 16.7 Å². The molecule has 0 radical (unpaired) electrons. The van der Waals surface area contributed by atoms with Crippen LogP contribution in [0.4, 0.5) is 0 Å². The molecule has 0 aromatic heterocycles. The van der Waals surface area contributed by atoms with E-state index in [1.165, 1.54) is 0 Å². The summed E-state index contributed by atoms with van der Waals surface area (Å²) in [4.78, 5) is 0. The summed E-state index contributed by atoms with van der Waals surface area (Å²) >= 11 is 0. The van der Waals surface area contributed by atoms with Crippen molar-refractivity contribution in [3.05, 3.63) is 0 Å². The number of hydrogen-bond donors (Lipinski definition) is 0. The van der Waals surface area contributed by atoms with Gasteiger partial charge in [-0.2, -0.15) is 0 Å². The summed E-state index contributed by atoms with van der Waals surface area (Å²) in [6.45, 7) is 13.4. The van der Waals surface area contributed by atoms with Crippen LogP contribution < -0.4 is 0 Å². The first-order chi connectivity index (χ1) is 5.55. The molecule has 1 unspecified atom stereocenters. The van der Waals surface area contributed by atoms with Gasteiger partial charge in [0.05, 0.1) is 0 Å². The zero-order valence-corrected chi connectivity index (χ0v) is 10.9. The van der Waals surface area contributed by atoms with Gasteiger partial charge in [0.25, 0.3) is 0 Å². The Hall–Kier alpha value is 0.150. The van der Waals surface area contributed by atoms with E-state index in [4.69, 9.17) is 0 Å². The van der Waals surface area contributed by atoms with E-state index in [0.717, 1.165) is 5.75 Å². The van der Waals surface area contributed by atoms with Gasteiger partial charge in [-0.05, 0) is 16.7 Å². The molecular weight excluding hydrogens is 180 g/mol. The minimum Gasteiger partial charge on any atom is -0.260 e. The molecule has 0 aliphatic rings. The Bertz CT molecular complexity index is 169. The second-order valence-corrected chi connectivity index (χ2v) is 7.50. The lowest BCUT2D eigenvalue weighted by Gasteiger charge is -2.40. The van der Waals surface area contributed by atoms with Gasteiger partial charge in [-0.15, -0.1) is 0 Å². The first kappa shape index (κ1) is 13.2. The van der Waals surface area contributed by atoms with E-state index < -0.39 is 10.8 Å². The van der Waals surface area contributed by atoms with Crippen molar-refractivity contribution < 1.29 is 4.21 Å². The van der Waals surface area contributed by atoms with Gasteiger partial charge < -0.3 is 0 Å². The molecule has 0 bridgehead atoms. The van der Waals surface area contributed by atoms with Crippen LogP contribution in [-0.4, -0.2) is 16.2 Å². The van der Waals surface area contributed by atoms with Crippen LogP contribution >= 0.6 is 0 Å². The zero-order valence-electron chi connectivity index (χ0n) is 10.1. The molecule has 1 nitrogen and oxygen atoms in total. The van der Waals surface area contributed by atoms with Gasteiger partial charge in [-0.3, -0.25) is 4.21 Å². The quantitative estimate of drug-likeness (QED) is 0.675. The van der Waals surface area contributed by atoms with Crippen molar-refractivity contribution in [3.63, 3.8) is 0 Å². The molecule has 0 aromatic rings. The molecule has 0 fully saturated rings. The van der Waals surface area contributed by atoms with Crippen LogP contribution in [-0.2, 0) is 10.8 Å². The first-order valence-electron chi connectivity index (χ1n) is 4.85. The van der Waals surface area contributed by atoms with Gasteiger partial charge in [0, 0.05) is 22.8 Å². The molecule has 1 atom stereocenters. The van der Waals surface area contributed by atoms with E-state index >= 15 is 0 Å². The Balaban J connectivity index is 4.68. The Kier molecular flexibility index (Phi) is 4.17. The summed E-state index contributed by atoms with van der Waals surface area (Å²) in [5, 5.41) is 0. The van der Waals surface area contributed by atoms with Crippen LogP contribution in [0.15, 0.2) is 0 Å². The number of rotatable bonds is 2. The lowest BCUT2D eigenvalue weighted by molar-refractivity contribution is 0.124. The average molecular weight is 204 g/mol. The molecule has 0 N–H and O–H groups in total. The minimum atomic E-state index is -0.689. The van der Waals surface area contributed by atoms with E-state index in [9.17, 15) is 4.21 Å². The maximum absolute atomic E-state index is 11.3. The van der Waals surface area contributed by atoms with Gasteiger partial charge in [0.1, 0.15) is 0 Å². The maximum atomic E-state index is 11.3. The molecule has 80 valence electrons. The Morgan fingerprint density at radius 1 is 1.00 bits per heavy atom. The molecular formula is C11H24OS. The molecule has 0 spiro atoms. The summed E-state index contributed by atoms with van der Waals surface area (Å²) in [5.74, 6) is 1.32. The molecule has 0 heterocycles. The molecule has 0 aliphatic heterocycles. The normalized spacial score (nSPS) is 16.3. The highest BCUT2D eigenvalue weighted by Gasteiger charge is 2.35. The largest absolute Gasteiger partial charge is 0.260 e. The van der Waals surface area contributed by atoms with E-state index in [2.05, 4.69) is 41.5 Å². The molecule has 0 rings (SSSR count). The monoisotopic (exact) mass is 204 g/mol. The standard InChI is InChI=1S/C11H24OS/c1-10(2,3)9(8-13(7)12)11(4,5)6/h9H,8H2,1-7H3. The third kappa shape index (κ3) is 4.80. The minimum absolute atomic E-state index is 0.240. The molecule has 13 heavy (non-hydrogen) atoms. The Morgan fingerprint density at radius 3 is 1.38 bits per heavy atom. The summed E-state index contributed by atoms with van der Waals surface area (Å²) < 4.78 is 11.3. The van der Waals surface area contributed by atoms with E-state index in [0.29, 0.717) is 5.92 Å². The summed E-state index contributed by atoms with van der Waals surface area (Å²) in [5.41, 5.74) is 0.480. The molecule has 0 saturated carbocycles. The van der Waals surface area contributed by atoms with Crippen LogP contribution in [0.2, 0.25) is 0 Å². The summed E-state index contributed by atoms with van der Waals surface area (Å²) in [6, 6.07) is 0. The van der Waals surface area contributed by atoms with Crippen molar-refractivity contribution in [3.8, 4) is 0 Å². The SMILES string of the molecule is CS(=O)CC(C(C)(C)C)C(C)(C)C. The second kappa shape index (κ2) is 4.12. The number of hydrogen-bond acceptors (Lipinski definition) is 1. The molecule has 0 saturated heterocycles. The van der Waals surface area contributed by atoms with Crippen LogP contribution in [0.5, 0.6) is 0 Å². The predicted molar refractivity (Wildman–Crippen MR) is 61.3 cm³/mol. The third-order valence-corrected chi connectivity index (χ3v) is 3.29. The Morgan fingerprint density at radius 2 is 1.31 bits per heavy atom. The van der Waals surface area contributed by atoms with Crippen molar-refractivity contribution in [1.82, 2.24) is 0 Å². The van der Waals surface area contributed by atoms with Gasteiger partial charge in [-0.1, -0.05) is 41.5 Å². The van der Waals surface area contributed by atoms with Crippen molar-refractivity contribution >= 4 is 10.8 Å². The topological polar surface area (TPSA) is 17.1 Å². The van der Waals surface area contributed by atoms with Crippen LogP contribution in [0.3, 0.4) is 0 Å². The summed E-state index contributed by atoms with van der Waals surface area (Å²) in [7, 11) is -0.689. The van der Waals surface area contributed by atoms with Crippen LogP contribution in [0, 0.1) is 16.7 Å². The van der Waals surface area contributed by atoms with Gasteiger partial charge in [0.15, 0.2) is 0 Å². The fourth-order valence-electron chi connectivity index (χ4n) is 2.03. The van der Waals surface area contributed by atoms with E-state index in [1.807, 2.05) is 0 Å². The van der Waals surface area contributed by atoms with Gasteiger partial charge >= 0.3 is 0 Å². The van der Waals surface area contributed by atoms with Gasteiger partial charge in [-0.25, -0.2) is 0 Å². The molecule has 0 aromatic carbocycles. The molecule has 0 aliphatic carbocycles. The molecule has 0 amide bonds. The van der Waals surface area contributed by atoms with Crippen LogP contribution in [0.25, 0.3) is 0 Å². The van der Waals surface area contributed by atoms with Crippen LogP contribution in [0.1, 0.15) is 41.5 Å². The van der Waals surface area contributed by atoms with E-state index in [1.54, 1.807) is 6.26 Å². The van der Waals surface area contributed by atoms with Crippen molar-refractivity contribution in [2.45, 2.75) is 41.5 Å². The lowest BCUT2D eigenvalue weighted by Crippen LogP contribution is -2.36. The zero-order chi connectivity index (χ0) is 10.9. The Labute approximate surface area is 85.8 Å². The fraction of sp³-hybridized carbons (Fsp3) is 1.00. The predicted octanol–water partition coefficient (Wildman–Crippen LogP) is 3.07. The van der Waals surface area contributed by atoms with E-state index in [-0.39, 0.29) is 10.8 Å². The average Bonchev–Trinajstić information content (AvgIpc) is 1.77.